The number of anilines is 1. The molecule has 0 atom stereocenters. The molecule has 3 rings (SSSR count). The van der Waals surface area contributed by atoms with Gasteiger partial charge in [-0.2, -0.15) is 0 Å². The first-order valence-corrected chi connectivity index (χ1v) is 8.24. The fourth-order valence-corrected chi connectivity index (χ4v) is 3.27. The number of carbonyl (C=O) groups is 1. The summed E-state index contributed by atoms with van der Waals surface area (Å²) in [5.41, 5.74) is 2.86. The smallest absolute Gasteiger partial charge is 0.265 e. The van der Waals surface area contributed by atoms with Gasteiger partial charge in [-0.05, 0) is 47.9 Å². The van der Waals surface area contributed by atoms with Crippen LogP contribution in [0, 0.1) is 5.82 Å². The van der Waals surface area contributed by atoms with Crippen molar-refractivity contribution in [2.75, 3.05) is 5.32 Å². The lowest BCUT2D eigenvalue weighted by molar-refractivity contribution is 0.103. The molecule has 1 N–H and O–H groups in total. The monoisotopic (exact) mass is 325 g/mol. The number of benzene rings is 2. The van der Waals surface area contributed by atoms with Crippen LogP contribution >= 0.6 is 11.3 Å². The van der Waals surface area contributed by atoms with Gasteiger partial charge in [0.1, 0.15) is 5.82 Å². The van der Waals surface area contributed by atoms with Crippen molar-refractivity contribution in [3.8, 4) is 10.4 Å². The Kier molecular flexibility index (Phi) is 4.53. The molecule has 0 radical (unpaired) electrons. The maximum Gasteiger partial charge on any atom is 0.265 e. The summed E-state index contributed by atoms with van der Waals surface area (Å²) < 4.78 is 13.0. The van der Waals surface area contributed by atoms with Gasteiger partial charge in [0.15, 0.2) is 0 Å². The zero-order chi connectivity index (χ0) is 16.2. The zero-order valence-electron chi connectivity index (χ0n) is 12.7. The fraction of sp³-hybridized carbons (Fsp3) is 0.105. The average molecular weight is 325 g/mol. The Morgan fingerprint density at radius 3 is 2.52 bits per heavy atom. The molecule has 2 aromatic carbocycles. The molecular formula is C19H16FNOS. The van der Waals surface area contributed by atoms with Gasteiger partial charge < -0.3 is 5.32 Å². The second-order valence-corrected chi connectivity index (χ2v) is 6.22. The molecule has 4 heteroatoms. The predicted molar refractivity (Wildman–Crippen MR) is 93.5 cm³/mol. The summed E-state index contributed by atoms with van der Waals surface area (Å²) in [6, 6.07) is 17.8. The van der Waals surface area contributed by atoms with E-state index < -0.39 is 0 Å². The van der Waals surface area contributed by atoms with Crippen molar-refractivity contribution < 1.29 is 9.18 Å². The third-order valence-electron chi connectivity index (χ3n) is 3.60. The van der Waals surface area contributed by atoms with Gasteiger partial charge in [0.25, 0.3) is 5.91 Å². The lowest BCUT2D eigenvalue weighted by Gasteiger charge is -2.08. The first-order valence-electron chi connectivity index (χ1n) is 7.42. The Balaban J connectivity index is 1.80. The van der Waals surface area contributed by atoms with Crippen LogP contribution in [0.3, 0.4) is 0 Å². The van der Waals surface area contributed by atoms with E-state index >= 15 is 0 Å². The van der Waals surface area contributed by atoms with Crippen molar-refractivity contribution in [2.45, 2.75) is 13.3 Å². The van der Waals surface area contributed by atoms with Crippen LogP contribution < -0.4 is 5.32 Å². The van der Waals surface area contributed by atoms with Crippen LogP contribution in [0.1, 0.15) is 22.2 Å². The lowest BCUT2D eigenvalue weighted by Crippen LogP contribution is -2.11. The number of aryl methyl sites for hydroxylation is 1. The minimum Gasteiger partial charge on any atom is -0.321 e. The van der Waals surface area contributed by atoms with Crippen molar-refractivity contribution in [1.82, 2.24) is 0 Å². The van der Waals surface area contributed by atoms with E-state index in [-0.39, 0.29) is 11.7 Å². The van der Waals surface area contributed by atoms with Gasteiger partial charge in [-0.15, -0.1) is 11.3 Å². The molecule has 2 nitrogen and oxygen atoms in total. The van der Waals surface area contributed by atoms with Crippen LogP contribution in [0.25, 0.3) is 10.4 Å². The molecule has 116 valence electrons. The average Bonchev–Trinajstić information content (AvgIpc) is 3.06. The molecule has 23 heavy (non-hydrogen) atoms. The number of hydrogen-bond acceptors (Lipinski definition) is 2. The molecule has 0 aliphatic heterocycles. The number of halogens is 1. The van der Waals surface area contributed by atoms with Crippen LogP contribution in [0.15, 0.2) is 60.7 Å². The molecule has 0 bridgehead atoms. The van der Waals surface area contributed by atoms with Crippen molar-refractivity contribution in [1.29, 1.82) is 0 Å². The van der Waals surface area contributed by atoms with Crippen LogP contribution in [0.5, 0.6) is 0 Å². The van der Waals surface area contributed by atoms with Crippen LogP contribution in [-0.4, -0.2) is 5.91 Å². The second-order valence-electron chi connectivity index (χ2n) is 5.14. The van der Waals surface area contributed by atoms with E-state index in [4.69, 9.17) is 0 Å². The SMILES string of the molecule is CCc1ccccc1NC(=O)c1ccc(-c2ccc(F)cc2)s1. The summed E-state index contributed by atoms with van der Waals surface area (Å²) in [7, 11) is 0. The molecular weight excluding hydrogens is 309 g/mol. The highest BCUT2D eigenvalue weighted by Crippen LogP contribution is 2.29. The summed E-state index contributed by atoms with van der Waals surface area (Å²) in [6.45, 7) is 2.06. The first kappa shape index (κ1) is 15.4. The number of hydrogen-bond donors (Lipinski definition) is 1. The standard InChI is InChI=1S/C19H16FNOS/c1-2-13-5-3-4-6-16(13)21-19(22)18-12-11-17(23-18)14-7-9-15(20)10-8-14/h3-12H,2H2,1H3,(H,21,22). The molecule has 1 heterocycles. The van der Waals surface area contributed by atoms with Crippen molar-refractivity contribution in [2.24, 2.45) is 0 Å². The molecule has 0 unspecified atom stereocenters. The van der Waals surface area contributed by atoms with E-state index in [2.05, 4.69) is 12.2 Å². The molecule has 1 aromatic heterocycles. The number of nitrogens with one attached hydrogen (secondary N) is 1. The maximum absolute atomic E-state index is 13.0. The van der Waals surface area contributed by atoms with Gasteiger partial charge in [-0.25, -0.2) is 4.39 Å². The Labute approximate surface area is 138 Å². The minimum atomic E-state index is -0.264. The van der Waals surface area contributed by atoms with E-state index in [0.29, 0.717) is 4.88 Å². The van der Waals surface area contributed by atoms with E-state index in [1.165, 1.54) is 23.5 Å². The van der Waals surface area contributed by atoms with Gasteiger partial charge in [-0.3, -0.25) is 4.79 Å². The molecule has 0 fully saturated rings. The fourth-order valence-electron chi connectivity index (χ4n) is 2.36. The highest BCUT2D eigenvalue weighted by atomic mass is 32.1. The van der Waals surface area contributed by atoms with Gasteiger partial charge in [-0.1, -0.05) is 37.3 Å². The molecule has 0 saturated heterocycles. The van der Waals surface area contributed by atoms with Crippen LogP contribution in [0.2, 0.25) is 0 Å². The van der Waals surface area contributed by atoms with E-state index in [0.717, 1.165) is 28.1 Å². The van der Waals surface area contributed by atoms with Crippen molar-refractivity contribution in [3.05, 3.63) is 76.9 Å². The highest BCUT2D eigenvalue weighted by molar-refractivity contribution is 7.17. The highest BCUT2D eigenvalue weighted by Gasteiger charge is 2.12. The van der Waals surface area contributed by atoms with Crippen LogP contribution in [0.4, 0.5) is 10.1 Å². The predicted octanol–water partition coefficient (Wildman–Crippen LogP) is 5.37. The number of rotatable bonds is 4. The van der Waals surface area contributed by atoms with Crippen molar-refractivity contribution in [3.63, 3.8) is 0 Å². The van der Waals surface area contributed by atoms with Crippen LogP contribution in [-0.2, 0) is 6.42 Å². The molecule has 1 amide bonds. The molecule has 3 aromatic rings. The quantitative estimate of drug-likeness (QED) is 0.686. The minimum absolute atomic E-state index is 0.121. The van der Waals surface area contributed by atoms with E-state index in [1.54, 1.807) is 18.2 Å². The summed E-state index contributed by atoms with van der Waals surface area (Å²) in [4.78, 5) is 14.0. The number of para-hydroxylation sites is 1. The maximum atomic E-state index is 13.0. The number of thiophene rings is 1. The molecule has 0 spiro atoms. The summed E-state index contributed by atoms with van der Waals surface area (Å²) in [5.74, 6) is -0.385. The Morgan fingerprint density at radius 2 is 1.78 bits per heavy atom. The first-order chi connectivity index (χ1) is 11.2. The van der Waals surface area contributed by atoms with E-state index in [1.807, 2.05) is 30.3 Å². The second kappa shape index (κ2) is 6.75. The topological polar surface area (TPSA) is 29.1 Å². The van der Waals surface area contributed by atoms with Crippen molar-refractivity contribution >= 4 is 22.9 Å². The Morgan fingerprint density at radius 1 is 1.04 bits per heavy atom. The molecule has 0 aliphatic carbocycles. The Bertz CT molecular complexity index is 823. The summed E-state index contributed by atoms with van der Waals surface area (Å²) >= 11 is 1.40. The van der Waals surface area contributed by atoms with E-state index in [9.17, 15) is 9.18 Å². The molecule has 0 saturated carbocycles. The lowest BCUT2D eigenvalue weighted by atomic mass is 10.1. The number of carbonyl (C=O) groups excluding carboxylic acids is 1. The third-order valence-corrected chi connectivity index (χ3v) is 4.74. The largest absolute Gasteiger partial charge is 0.321 e. The van der Waals surface area contributed by atoms with Gasteiger partial charge in [0, 0.05) is 10.6 Å². The Hall–Kier alpha value is -2.46. The zero-order valence-corrected chi connectivity index (χ0v) is 13.5. The normalized spacial score (nSPS) is 10.5. The van der Waals surface area contributed by atoms with Gasteiger partial charge >= 0.3 is 0 Å². The summed E-state index contributed by atoms with van der Waals surface area (Å²) in [5, 5.41) is 2.96. The number of amides is 1. The van der Waals surface area contributed by atoms with Gasteiger partial charge in [0.05, 0.1) is 4.88 Å². The third kappa shape index (κ3) is 3.48. The molecule has 0 aliphatic rings. The summed E-state index contributed by atoms with van der Waals surface area (Å²) in [6.07, 6.45) is 0.863. The van der Waals surface area contributed by atoms with Gasteiger partial charge in [0.2, 0.25) is 0 Å².